The Morgan fingerprint density at radius 1 is 1.55 bits per heavy atom. The monoisotopic (exact) mass is 342 g/mol. The molecule has 0 bridgehead atoms. The molecule has 0 atom stereocenters. The number of guanidine groups is 1. The Labute approximate surface area is 135 Å². The van der Waals surface area contributed by atoms with E-state index in [1.165, 1.54) is 11.3 Å². The van der Waals surface area contributed by atoms with Crippen molar-refractivity contribution in [1.82, 2.24) is 19.7 Å². The molecule has 0 aromatic carbocycles. The van der Waals surface area contributed by atoms with E-state index in [0.29, 0.717) is 16.9 Å². The number of aromatic nitrogens is 4. The molecule has 11 heteroatoms. The molecule has 0 spiro atoms. The molecule has 0 radical (unpaired) electrons. The van der Waals surface area contributed by atoms with Crippen molar-refractivity contribution in [1.29, 1.82) is 5.41 Å². The zero-order valence-electron chi connectivity index (χ0n) is 12.0. The molecule has 0 aliphatic carbocycles. The number of aryl methyl sites for hydroxylation is 1. The quantitative estimate of drug-likeness (QED) is 0.264. The Morgan fingerprint density at radius 2 is 2.36 bits per heavy atom. The lowest BCUT2D eigenvalue weighted by molar-refractivity contribution is 0.271. The predicted octanol–water partition coefficient (Wildman–Crippen LogP) is 0.415. The van der Waals surface area contributed by atoms with E-state index in [4.69, 9.17) is 16.2 Å². The van der Waals surface area contributed by atoms with E-state index in [0.717, 1.165) is 23.7 Å². The van der Waals surface area contributed by atoms with Crippen LogP contribution < -0.4 is 16.4 Å². The molecule has 2 heterocycles. The predicted molar refractivity (Wildman–Crippen MR) is 89.2 cm³/mol. The van der Waals surface area contributed by atoms with E-state index in [1.807, 2.05) is 5.38 Å². The lowest BCUT2D eigenvalue weighted by atomic mass is 10.6. The van der Waals surface area contributed by atoms with Crippen molar-refractivity contribution in [2.24, 2.45) is 12.8 Å². The maximum atomic E-state index is 8.97. The van der Waals surface area contributed by atoms with E-state index < -0.39 is 0 Å². The maximum absolute atomic E-state index is 8.97. The van der Waals surface area contributed by atoms with Crippen LogP contribution in [0.25, 0.3) is 0 Å². The summed E-state index contributed by atoms with van der Waals surface area (Å²) in [4.78, 5) is 8.47. The van der Waals surface area contributed by atoms with Crippen molar-refractivity contribution in [3.63, 3.8) is 0 Å². The molecule has 120 valence electrons. The van der Waals surface area contributed by atoms with E-state index >= 15 is 0 Å². The standard InChI is InChI=1S/C11H18N8OS2/c1-19-10(16-8(4-20)18-19)14-2-3-21-5-7-6-22-11(15-7)17-9(12)13/h6,20H,2-5H2,1H3,(H,14,16,18)(H4,12,13,15,17). The number of aliphatic hydroxyl groups is 1. The van der Waals surface area contributed by atoms with Crippen LogP contribution in [0.5, 0.6) is 0 Å². The molecule has 0 unspecified atom stereocenters. The highest BCUT2D eigenvalue weighted by Gasteiger charge is 2.06. The number of thioether (sulfide) groups is 1. The number of nitrogens with zero attached hydrogens (tertiary/aromatic N) is 4. The summed E-state index contributed by atoms with van der Waals surface area (Å²) >= 11 is 3.17. The Balaban J connectivity index is 1.67. The van der Waals surface area contributed by atoms with Crippen LogP contribution in [0.4, 0.5) is 11.1 Å². The van der Waals surface area contributed by atoms with Gasteiger partial charge in [-0.25, -0.2) is 9.67 Å². The van der Waals surface area contributed by atoms with Crippen molar-refractivity contribution in [2.45, 2.75) is 12.4 Å². The van der Waals surface area contributed by atoms with E-state index in [-0.39, 0.29) is 12.6 Å². The minimum Gasteiger partial charge on any atom is -0.388 e. The lowest BCUT2D eigenvalue weighted by Gasteiger charge is -2.03. The van der Waals surface area contributed by atoms with Crippen molar-refractivity contribution in [2.75, 3.05) is 22.9 Å². The van der Waals surface area contributed by atoms with Crippen LogP contribution in [-0.2, 0) is 19.4 Å². The number of hydrogen-bond acceptors (Lipinski definition) is 8. The smallest absolute Gasteiger partial charge is 0.221 e. The van der Waals surface area contributed by atoms with Gasteiger partial charge in [-0.3, -0.25) is 5.41 Å². The summed E-state index contributed by atoms with van der Waals surface area (Å²) < 4.78 is 1.61. The highest BCUT2D eigenvalue weighted by atomic mass is 32.2. The van der Waals surface area contributed by atoms with Gasteiger partial charge in [0.15, 0.2) is 16.9 Å². The second-order valence-electron chi connectivity index (χ2n) is 4.30. The van der Waals surface area contributed by atoms with E-state index in [1.54, 1.807) is 23.5 Å². The first-order valence-corrected chi connectivity index (χ1v) is 8.49. The fraction of sp³-hybridized carbons (Fsp3) is 0.455. The fourth-order valence-corrected chi connectivity index (χ4v) is 3.19. The number of rotatable bonds is 8. The molecule has 6 N–H and O–H groups in total. The van der Waals surface area contributed by atoms with Gasteiger partial charge in [-0.2, -0.15) is 21.8 Å². The van der Waals surface area contributed by atoms with Crippen LogP contribution in [0.2, 0.25) is 0 Å². The number of aliphatic hydroxyl groups excluding tert-OH is 1. The van der Waals surface area contributed by atoms with Gasteiger partial charge < -0.3 is 21.5 Å². The molecular formula is C11H18N8OS2. The van der Waals surface area contributed by atoms with Crippen molar-refractivity contribution >= 4 is 40.1 Å². The summed E-state index contributed by atoms with van der Waals surface area (Å²) in [5.41, 5.74) is 6.21. The molecule has 0 aliphatic heterocycles. The highest BCUT2D eigenvalue weighted by Crippen LogP contribution is 2.19. The van der Waals surface area contributed by atoms with E-state index in [9.17, 15) is 0 Å². The second kappa shape index (κ2) is 7.96. The van der Waals surface area contributed by atoms with Gasteiger partial charge in [0, 0.05) is 30.5 Å². The topological polar surface area (TPSA) is 138 Å². The van der Waals surface area contributed by atoms with Gasteiger partial charge in [0.05, 0.1) is 5.69 Å². The van der Waals surface area contributed by atoms with Crippen LogP contribution in [0.15, 0.2) is 5.38 Å². The zero-order chi connectivity index (χ0) is 15.9. The molecule has 0 saturated carbocycles. The largest absolute Gasteiger partial charge is 0.388 e. The lowest BCUT2D eigenvalue weighted by Crippen LogP contribution is -2.20. The Hall–Kier alpha value is -1.85. The number of hydrogen-bond donors (Lipinski definition) is 5. The van der Waals surface area contributed by atoms with E-state index in [2.05, 4.69) is 25.7 Å². The highest BCUT2D eigenvalue weighted by molar-refractivity contribution is 7.98. The van der Waals surface area contributed by atoms with Gasteiger partial charge >= 0.3 is 0 Å². The molecule has 0 aliphatic rings. The first-order chi connectivity index (χ1) is 10.6. The molecule has 2 aromatic rings. The third-order valence-corrected chi connectivity index (χ3v) is 4.32. The molecule has 9 nitrogen and oxygen atoms in total. The SMILES string of the molecule is Cn1nc(CO)nc1NCCSCc1csc(NC(=N)N)n1. The number of nitrogens with two attached hydrogens (primary N) is 1. The molecule has 0 fully saturated rings. The van der Waals surface area contributed by atoms with Gasteiger partial charge in [0.1, 0.15) is 6.61 Å². The number of anilines is 2. The summed E-state index contributed by atoms with van der Waals surface area (Å²) in [5.74, 6) is 2.62. The van der Waals surface area contributed by atoms with Crippen LogP contribution in [0.3, 0.4) is 0 Å². The van der Waals surface area contributed by atoms with Gasteiger partial charge in [0.25, 0.3) is 0 Å². The summed E-state index contributed by atoms with van der Waals surface area (Å²) in [6, 6.07) is 0. The summed E-state index contributed by atoms with van der Waals surface area (Å²) in [7, 11) is 1.78. The van der Waals surface area contributed by atoms with Crippen LogP contribution in [0, 0.1) is 5.41 Å². The van der Waals surface area contributed by atoms with Gasteiger partial charge in [-0.15, -0.1) is 11.3 Å². The first-order valence-electron chi connectivity index (χ1n) is 6.46. The number of thiazole rings is 1. The van der Waals surface area contributed by atoms with Crippen molar-refractivity contribution < 1.29 is 5.11 Å². The summed E-state index contributed by atoms with van der Waals surface area (Å²) in [6.45, 7) is 0.579. The Kier molecular flexibility index (Phi) is 5.98. The molecule has 2 rings (SSSR count). The second-order valence-corrected chi connectivity index (χ2v) is 6.26. The number of nitrogens with one attached hydrogen (secondary N) is 3. The normalized spacial score (nSPS) is 10.6. The first kappa shape index (κ1) is 16.5. The van der Waals surface area contributed by atoms with Gasteiger partial charge in [-0.1, -0.05) is 0 Å². The third-order valence-electron chi connectivity index (χ3n) is 2.52. The summed E-state index contributed by atoms with van der Waals surface area (Å²) in [5, 5.41) is 28.6. The van der Waals surface area contributed by atoms with Crippen LogP contribution in [-0.4, -0.2) is 43.1 Å². The van der Waals surface area contributed by atoms with Crippen LogP contribution in [0.1, 0.15) is 11.5 Å². The molecule has 0 saturated heterocycles. The Bertz CT molecular complexity index is 625. The Morgan fingerprint density at radius 3 is 3.05 bits per heavy atom. The minimum absolute atomic E-state index is 0.108. The molecule has 2 aromatic heterocycles. The fourth-order valence-electron chi connectivity index (χ4n) is 1.62. The summed E-state index contributed by atoms with van der Waals surface area (Å²) in [6.07, 6.45) is 0. The van der Waals surface area contributed by atoms with Crippen LogP contribution >= 0.6 is 23.1 Å². The third kappa shape index (κ3) is 4.86. The zero-order valence-corrected chi connectivity index (χ0v) is 13.7. The van der Waals surface area contributed by atoms with Crippen molar-refractivity contribution in [3.8, 4) is 0 Å². The minimum atomic E-state index is -0.162. The average Bonchev–Trinajstić information content (AvgIpc) is 3.05. The molecule has 22 heavy (non-hydrogen) atoms. The average molecular weight is 342 g/mol. The van der Waals surface area contributed by atoms with Gasteiger partial charge in [-0.05, 0) is 0 Å². The molecular weight excluding hydrogens is 324 g/mol. The van der Waals surface area contributed by atoms with Gasteiger partial charge in [0.2, 0.25) is 5.95 Å². The maximum Gasteiger partial charge on any atom is 0.221 e. The molecule has 0 amide bonds. The van der Waals surface area contributed by atoms with Crippen molar-refractivity contribution in [3.05, 3.63) is 16.9 Å².